The van der Waals surface area contributed by atoms with Crippen LogP contribution in [0.15, 0.2) is 34.6 Å². The van der Waals surface area contributed by atoms with Crippen molar-refractivity contribution in [2.24, 2.45) is 4.99 Å². The van der Waals surface area contributed by atoms with Gasteiger partial charge in [0.1, 0.15) is 18.1 Å². The lowest BCUT2D eigenvalue weighted by atomic mass is 10.3. The minimum atomic E-state index is 0.554. The Morgan fingerprint density at radius 1 is 1.17 bits per heavy atom. The first kappa shape index (κ1) is 18.1. The second-order valence-electron chi connectivity index (χ2n) is 5.06. The molecule has 2 N–H and O–H groups in total. The number of nitrogens with one attached hydrogen (secondary N) is 2. The quantitative estimate of drug-likeness (QED) is 0.435. The van der Waals surface area contributed by atoms with Crippen LogP contribution in [0.3, 0.4) is 0 Å². The zero-order valence-corrected chi connectivity index (χ0v) is 15.2. The number of aryl methyl sites for hydroxylation is 1. The van der Waals surface area contributed by atoms with Gasteiger partial charge in [0.25, 0.3) is 0 Å². The average molecular weight is 348 g/mol. The van der Waals surface area contributed by atoms with Crippen molar-refractivity contribution in [2.45, 2.75) is 13.3 Å². The minimum absolute atomic E-state index is 0.554. The van der Waals surface area contributed by atoms with Gasteiger partial charge in [0, 0.05) is 25.4 Å². The van der Waals surface area contributed by atoms with E-state index < -0.39 is 0 Å². The smallest absolute Gasteiger partial charge is 0.191 e. The van der Waals surface area contributed by atoms with E-state index in [4.69, 9.17) is 9.47 Å². The van der Waals surface area contributed by atoms with Crippen LogP contribution in [-0.4, -0.2) is 44.8 Å². The number of methoxy groups -OCH3 is 1. The van der Waals surface area contributed by atoms with E-state index in [-0.39, 0.29) is 0 Å². The van der Waals surface area contributed by atoms with Gasteiger partial charge in [-0.3, -0.25) is 4.99 Å². The van der Waals surface area contributed by atoms with Crippen molar-refractivity contribution >= 4 is 17.3 Å². The van der Waals surface area contributed by atoms with Crippen LogP contribution in [-0.2, 0) is 6.42 Å². The molecule has 1 heterocycles. The lowest BCUT2D eigenvalue weighted by Gasteiger charge is -2.12. The molecule has 130 valence electrons. The third-order valence-corrected chi connectivity index (χ3v) is 4.11. The van der Waals surface area contributed by atoms with Crippen LogP contribution >= 0.6 is 11.3 Å². The largest absolute Gasteiger partial charge is 0.497 e. The molecule has 0 aliphatic heterocycles. The first-order valence-corrected chi connectivity index (χ1v) is 8.71. The lowest BCUT2D eigenvalue weighted by molar-refractivity contribution is 0.321. The second kappa shape index (κ2) is 9.77. The van der Waals surface area contributed by atoms with Crippen LogP contribution in [0.2, 0.25) is 0 Å². The molecule has 2 aromatic rings. The van der Waals surface area contributed by atoms with E-state index in [1.54, 1.807) is 25.5 Å². The van der Waals surface area contributed by atoms with Crippen molar-refractivity contribution in [1.29, 1.82) is 0 Å². The van der Waals surface area contributed by atoms with Gasteiger partial charge in [-0.25, -0.2) is 4.98 Å². The molecule has 24 heavy (non-hydrogen) atoms. The molecule has 2 rings (SSSR count). The maximum Gasteiger partial charge on any atom is 0.191 e. The van der Waals surface area contributed by atoms with Gasteiger partial charge in [-0.15, -0.1) is 11.3 Å². The van der Waals surface area contributed by atoms with Crippen molar-refractivity contribution in [2.75, 3.05) is 33.9 Å². The molecule has 0 radical (unpaired) electrons. The third kappa shape index (κ3) is 6.08. The Morgan fingerprint density at radius 3 is 2.50 bits per heavy atom. The molecule has 1 aromatic heterocycles. The fourth-order valence-electron chi connectivity index (χ4n) is 2.06. The summed E-state index contributed by atoms with van der Waals surface area (Å²) in [7, 11) is 3.40. The van der Waals surface area contributed by atoms with E-state index in [2.05, 4.69) is 26.0 Å². The lowest BCUT2D eigenvalue weighted by Crippen LogP contribution is -2.40. The average Bonchev–Trinajstić information content (AvgIpc) is 3.02. The van der Waals surface area contributed by atoms with Crippen molar-refractivity contribution in [3.63, 3.8) is 0 Å². The number of aliphatic imine (C=N–C) groups is 1. The van der Waals surface area contributed by atoms with Gasteiger partial charge in [-0.2, -0.15) is 0 Å². The molecule has 0 aliphatic rings. The van der Waals surface area contributed by atoms with Crippen molar-refractivity contribution in [3.8, 4) is 11.5 Å². The molecule has 0 saturated heterocycles. The third-order valence-electron chi connectivity index (χ3n) is 3.29. The van der Waals surface area contributed by atoms with Crippen LogP contribution in [0.4, 0.5) is 0 Å². The minimum Gasteiger partial charge on any atom is -0.497 e. The van der Waals surface area contributed by atoms with Crippen LogP contribution in [0, 0.1) is 6.92 Å². The van der Waals surface area contributed by atoms with E-state index in [1.165, 1.54) is 0 Å². The Kier molecular flexibility index (Phi) is 7.35. The summed E-state index contributed by atoms with van der Waals surface area (Å²) < 4.78 is 10.8. The summed E-state index contributed by atoms with van der Waals surface area (Å²) in [5.41, 5.74) is 1.11. The van der Waals surface area contributed by atoms with Crippen LogP contribution < -0.4 is 20.1 Å². The van der Waals surface area contributed by atoms with Gasteiger partial charge < -0.3 is 20.1 Å². The maximum absolute atomic E-state index is 5.67. The number of rotatable bonds is 8. The fraction of sp³-hybridized carbons (Fsp3) is 0.412. The number of hydrogen-bond acceptors (Lipinski definition) is 5. The first-order valence-electron chi connectivity index (χ1n) is 7.83. The molecular formula is C17H24N4O2S. The number of benzene rings is 1. The standard InChI is InChI=1S/C17H24N4O2S/c1-13-21-14(12-24-13)8-9-19-17(18-2)20-10-11-23-16-6-4-15(22-3)5-7-16/h4-7,12H,8-11H2,1-3H3,(H2,18,19,20). The summed E-state index contributed by atoms with van der Waals surface area (Å²) in [5.74, 6) is 2.40. The molecular weight excluding hydrogens is 324 g/mol. The van der Waals surface area contributed by atoms with Crippen molar-refractivity contribution < 1.29 is 9.47 Å². The Bertz CT molecular complexity index is 640. The maximum atomic E-state index is 5.67. The van der Waals surface area contributed by atoms with Gasteiger partial charge in [-0.05, 0) is 31.2 Å². The number of nitrogens with zero attached hydrogens (tertiary/aromatic N) is 2. The molecule has 0 spiro atoms. The number of guanidine groups is 1. The van der Waals surface area contributed by atoms with E-state index in [9.17, 15) is 0 Å². The Labute approximate surface area is 146 Å². The zero-order valence-electron chi connectivity index (χ0n) is 14.3. The molecule has 0 atom stereocenters. The van der Waals surface area contributed by atoms with Gasteiger partial charge in [0.2, 0.25) is 0 Å². The highest BCUT2D eigenvalue weighted by atomic mass is 32.1. The van der Waals surface area contributed by atoms with E-state index >= 15 is 0 Å². The van der Waals surface area contributed by atoms with E-state index in [1.807, 2.05) is 31.2 Å². The SMILES string of the molecule is CN=C(NCCOc1ccc(OC)cc1)NCCc1csc(C)n1. The molecule has 6 nitrogen and oxygen atoms in total. The number of thiazole rings is 1. The van der Waals surface area contributed by atoms with Crippen molar-refractivity contribution in [3.05, 3.63) is 40.3 Å². The molecule has 0 unspecified atom stereocenters. The predicted molar refractivity (Wildman–Crippen MR) is 98.4 cm³/mol. The number of ether oxygens (including phenoxy) is 2. The number of hydrogen-bond donors (Lipinski definition) is 2. The Morgan fingerprint density at radius 2 is 1.88 bits per heavy atom. The van der Waals surface area contributed by atoms with Crippen LogP contribution in [0.25, 0.3) is 0 Å². The highest BCUT2D eigenvalue weighted by Crippen LogP contribution is 2.16. The summed E-state index contributed by atoms with van der Waals surface area (Å²) in [4.78, 5) is 8.64. The van der Waals surface area contributed by atoms with Gasteiger partial charge in [0.15, 0.2) is 5.96 Å². The molecule has 0 bridgehead atoms. The summed E-state index contributed by atoms with van der Waals surface area (Å²) in [6, 6.07) is 7.54. The highest BCUT2D eigenvalue weighted by Gasteiger charge is 2.01. The molecule has 0 aliphatic carbocycles. The van der Waals surface area contributed by atoms with Gasteiger partial charge in [0.05, 0.1) is 24.4 Å². The molecule has 7 heteroatoms. The first-order chi connectivity index (χ1) is 11.7. The molecule has 0 saturated carbocycles. The summed E-state index contributed by atoms with van der Waals surface area (Å²) in [5, 5.41) is 9.69. The highest BCUT2D eigenvalue weighted by molar-refractivity contribution is 7.09. The van der Waals surface area contributed by atoms with Gasteiger partial charge >= 0.3 is 0 Å². The molecule has 0 fully saturated rings. The predicted octanol–water partition coefficient (Wildman–Crippen LogP) is 2.25. The van der Waals surface area contributed by atoms with E-state index in [0.29, 0.717) is 13.2 Å². The van der Waals surface area contributed by atoms with Crippen molar-refractivity contribution in [1.82, 2.24) is 15.6 Å². The van der Waals surface area contributed by atoms with Crippen LogP contribution in [0.5, 0.6) is 11.5 Å². The monoisotopic (exact) mass is 348 g/mol. The molecule has 1 aromatic carbocycles. The van der Waals surface area contributed by atoms with Crippen LogP contribution in [0.1, 0.15) is 10.7 Å². The fourth-order valence-corrected chi connectivity index (χ4v) is 2.71. The Hall–Kier alpha value is -2.28. The van der Waals surface area contributed by atoms with Gasteiger partial charge in [-0.1, -0.05) is 0 Å². The summed E-state index contributed by atoms with van der Waals surface area (Å²) in [6.07, 6.45) is 0.882. The molecule has 0 amide bonds. The summed E-state index contributed by atoms with van der Waals surface area (Å²) in [6.45, 7) is 4.03. The Balaban J connectivity index is 1.62. The second-order valence-corrected chi connectivity index (χ2v) is 6.12. The topological polar surface area (TPSA) is 67.8 Å². The normalized spacial score (nSPS) is 11.2. The summed E-state index contributed by atoms with van der Waals surface area (Å²) >= 11 is 1.68. The zero-order chi connectivity index (χ0) is 17.2. The van der Waals surface area contributed by atoms with E-state index in [0.717, 1.165) is 41.1 Å². The number of aromatic nitrogens is 1.